The fourth-order valence-corrected chi connectivity index (χ4v) is 14.9. The quantitative estimate of drug-likeness (QED) is 0.0653. The third kappa shape index (κ3) is 8.57. The van der Waals surface area contributed by atoms with E-state index in [1.807, 2.05) is 35.5 Å². The Morgan fingerprint density at radius 1 is 0.646 bits per heavy atom. The standard InChI is InChI=1S/C70H65N7O2/c1-48-51(38-58-39-59(48)67(58,2)3)45-77-64(40-63(78)50-36-34-49(42-71)35-37-50)76-70(66(77)79,65(62-44-73-47-75-62)69(55-28-16-7-17-29-55,56-30-18-8-19-31-56)57-32-20-9-21-33-57)60(61-43-72-46-74-61)41-68(52-22-10-4-11-23-52,53-24-12-5-13-25-53)54-26-14-6-15-27-54/h4-37,43-44,46-48,51,58-60,65H,38-41,45H2,1-3H3,(H,72,74)(H,73,75). The van der Waals surface area contributed by atoms with Crippen LogP contribution >= 0.6 is 0 Å². The number of aromatic amines is 2. The van der Waals surface area contributed by atoms with Crippen molar-refractivity contribution in [2.45, 2.75) is 74.7 Å². The van der Waals surface area contributed by atoms with Crippen molar-refractivity contribution in [3.05, 3.63) is 287 Å². The van der Waals surface area contributed by atoms with Crippen molar-refractivity contribution in [2.75, 3.05) is 6.54 Å². The fourth-order valence-electron chi connectivity index (χ4n) is 14.9. The second kappa shape index (κ2) is 20.9. The molecule has 9 aromatic rings. The van der Waals surface area contributed by atoms with Crippen molar-refractivity contribution in [2.24, 2.45) is 34.1 Å². The number of Topliss-reactive ketones (excluding diaryl/α,β-unsaturated/α-hetero) is 1. The molecule has 13 rings (SSSR count). The number of carbonyl (C=O) groups is 2. The summed E-state index contributed by atoms with van der Waals surface area (Å²) in [7, 11) is 0. The Morgan fingerprint density at radius 3 is 1.52 bits per heavy atom. The van der Waals surface area contributed by atoms with Crippen LogP contribution in [0.15, 0.2) is 236 Å². The van der Waals surface area contributed by atoms with E-state index in [1.54, 1.807) is 36.9 Å². The van der Waals surface area contributed by atoms with E-state index in [-0.39, 0.29) is 29.4 Å². The number of amidine groups is 1. The number of H-pyrrole nitrogens is 2. The molecule has 392 valence electrons. The number of nitrogens with one attached hydrogen (secondary N) is 2. The molecular formula is C70H65N7O2. The van der Waals surface area contributed by atoms with Crippen LogP contribution in [-0.4, -0.2) is 54.4 Å². The van der Waals surface area contributed by atoms with E-state index in [9.17, 15) is 5.26 Å². The highest BCUT2D eigenvalue weighted by Crippen LogP contribution is 2.65. The highest BCUT2D eigenvalue weighted by atomic mass is 16.2. The molecule has 7 unspecified atom stereocenters. The topological polar surface area (TPSA) is 131 Å². The lowest BCUT2D eigenvalue weighted by Crippen LogP contribution is -2.60. The Morgan fingerprint density at radius 2 is 1.10 bits per heavy atom. The summed E-state index contributed by atoms with van der Waals surface area (Å²) < 4.78 is 0. The molecule has 7 aromatic carbocycles. The Labute approximate surface area is 463 Å². The molecule has 7 atom stereocenters. The maximum absolute atomic E-state index is 18.1. The molecule has 3 saturated carbocycles. The molecular weight excluding hydrogens is 971 g/mol. The van der Waals surface area contributed by atoms with Gasteiger partial charge in [-0.1, -0.05) is 215 Å². The number of fused-ring (bicyclic) bond motifs is 2. The average molecular weight is 1040 g/mol. The van der Waals surface area contributed by atoms with E-state index < -0.39 is 28.2 Å². The van der Waals surface area contributed by atoms with Crippen LogP contribution in [0.1, 0.15) is 119 Å². The van der Waals surface area contributed by atoms with Crippen molar-refractivity contribution >= 4 is 17.5 Å². The first-order valence-corrected chi connectivity index (χ1v) is 27.8. The lowest BCUT2D eigenvalue weighted by Gasteiger charge is -2.62. The van der Waals surface area contributed by atoms with E-state index in [0.717, 1.165) is 45.5 Å². The van der Waals surface area contributed by atoms with Crippen LogP contribution in [0.2, 0.25) is 0 Å². The van der Waals surface area contributed by atoms with Gasteiger partial charge in [0.1, 0.15) is 5.84 Å². The monoisotopic (exact) mass is 1040 g/mol. The molecule has 2 bridgehead atoms. The van der Waals surface area contributed by atoms with Crippen molar-refractivity contribution in [1.82, 2.24) is 24.8 Å². The minimum atomic E-state index is -1.79. The number of aromatic nitrogens is 4. The summed E-state index contributed by atoms with van der Waals surface area (Å²) in [6.45, 7) is 7.59. The molecule has 0 radical (unpaired) electrons. The summed E-state index contributed by atoms with van der Waals surface area (Å²) in [4.78, 5) is 58.6. The minimum absolute atomic E-state index is 0.141. The molecule has 1 amide bonds. The first-order chi connectivity index (χ1) is 38.6. The molecule has 3 heterocycles. The maximum atomic E-state index is 18.1. The SMILES string of the molecule is CC1C(CN2C(=O)C(C(CC(c3ccccc3)(c3ccccc3)c3ccccc3)c3cnc[nH]3)(C(c3cnc[nH]3)C(c3ccccc3)(c3ccccc3)c3ccccc3)N=C2CC(=O)c2ccc(C#N)cc2)CC2CC1C2(C)C. The smallest absolute Gasteiger partial charge is 0.257 e. The van der Waals surface area contributed by atoms with Crippen LogP contribution in [0.25, 0.3) is 0 Å². The molecule has 3 aliphatic carbocycles. The van der Waals surface area contributed by atoms with Crippen molar-refractivity contribution in [3.63, 3.8) is 0 Å². The number of rotatable bonds is 18. The third-order valence-electron chi connectivity index (χ3n) is 18.9. The summed E-state index contributed by atoms with van der Waals surface area (Å²) in [5, 5.41) is 9.81. The number of nitriles is 1. The fraction of sp³-hybridized carbons (Fsp3) is 0.257. The number of carbonyl (C=O) groups excluding carboxylic acids is 2. The van der Waals surface area contributed by atoms with Crippen molar-refractivity contribution in [3.8, 4) is 6.07 Å². The zero-order valence-corrected chi connectivity index (χ0v) is 45.0. The molecule has 79 heavy (non-hydrogen) atoms. The zero-order chi connectivity index (χ0) is 54.2. The van der Waals surface area contributed by atoms with Crippen molar-refractivity contribution in [1.29, 1.82) is 5.26 Å². The van der Waals surface area contributed by atoms with Gasteiger partial charge in [-0.25, -0.2) is 9.97 Å². The predicted octanol–water partition coefficient (Wildman–Crippen LogP) is 13.9. The highest BCUT2D eigenvalue weighted by Gasteiger charge is 2.68. The number of benzene rings is 7. The van der Waals surface area contributed by atoms with Gasteiger partial charge in [-0.05, 0) is 93.9 Å². The summed E-state index contributed by atoms with van der Waals surface area (Å²) >= 11 is 0. The third-order valence-corrected chi connectivity index (χ3v) is 18.9. The molecule has 0 saturated heterocycles. The average Bonchev–Trinajstić information content (AvgIpc) is 4.46. The predicted molar refractivity (Wildman–Crippen MR) is 310 cm³/mol. The largest absolute Gasteiger partial charge is 0.348 e. The molecule has 2 N–H and O–H groups in total. The van der Waals surface area contributed by atoms with Gasteiger partial charge in [0.25, 0.3) is 5.91 Å². The molecule has 9 nitrogen and oxygen atoms in total. The Balaban J connectivity index is 1.22. The first kappa shape index (κ1) is 51.0. The van der Waals surface area contributed by atoms with Crippen LogP contribution in [0.5, 0.6) is 0 Å². The van der Waals surface area contributed by atoms with Gasteiger partial charge in [0.05, 0.1) is 42.0 Å². The van der Waals surface area contributed by atoms with Gasteiger partial charge in [-0.3, -0.25) is 19.5 Å². The summed E-state index contributed by atoms with van der Waals surface area (Å²) in [6.07, 6.45) is 9.50. The number of ketones is 1. The van der Waals surface area contributed by atoms with Gasteiger partial charge in [-0.2, -0.15) is 5.26 Å². The van der Waals surface area contributed by atoms with Gasteiger partial charge < -0.3 is 9.97 Å². The van der Waals surface area contributed by atoms with Gasteiger partial charge in [0.15, 0.2) is 11.3 Å². The second-order valence-corrected chi connectivity index (χ2v) is 22.9. The lowest BCUT2D eigenvalue weighted by atomic mass is 9.43. The molecule has 1 aliphatic heterocycles. The molecule has 0 spiro atoms. The first-order valence-electron chi connectivity index (χ1n) is 27.8. The molecule has 4 aliphatic rings. The number of hydrogen-bond donors (Lipinski definition) is 2. The molecule has 2 aromatic heterocycles. The number of nitrogens with zero attached hydrogens (tertiary/aromatic N) is 5. The normalized spacial score (nSPS) is 21.3. The van der Waals surface area contributed by atoms with Crippen LogP contribution in [0, 0.1) is 40.4 Å². The van der Waals surface area contributed by atoms with Crippen LogP contribution < -0.4 is 0 Å². The lowest BCUT2D eigenvalue weighted by molar-refractivity contribution is -0.143. The van der Waals surface area contributed by atoms with Crippen molar-refractivity contribution < 1.29 is 9.59 Å². The van der Waals surface area contributed by atoms with Crippen LogP contribution in [0.4, 0.5) is 0 Å². The number of amides is 1. The Kier molecular flexibility index (Phi) is 13.5. The second-order valence-electron chi connectivity index (χ2n) is 22.9. The number of aliphatic imine (C=N–C) groups is 1. The minimum Gasteiger partial charge on any atom is -0.348 e. The van der Waals surface area contributed by atoms with Crippen LogP contribution in [-0.2, 0) is 15.6 Å². The van der Waals surface area contributed by atoms with Gasteiger partial charge in [0.2, 0.25) is 0 Å². The Bertz CT molecular complexity index is 3410. The van der Waals surface area contributed by atoms with Gasteiger partial charge in [0, 0.05) is 47.2 Å². The van der Waals surface area contributed by atoms with E-state index in [4.69, 9.17) is 15.0 Å². The number of hydrogen-bond acceptors (Lipinski definition) is 6. The van der Waals surface area contributed by atoms with E-state index in [0.29, 0.717) is 53.4 Å². The van der Waals surface area contributed by atoms with E-state index in [2.05, 4.69) is 201 Å². The Hall–Kier alpha value is -8.74. The summed E-state index contributed by atoms with van der Waals surface area (Å²) in [5.41, 5.74) is 4.66. The van der Waals surface area contributed by atoms with E-state index in [1.165, 1.54) is 6.42 Å². The summed E-state index contributed by atoms with van der Waals surface area (Å²) in [6, 6.07) is 72.6. The summed E-state index contributed by atoms with van der Waals surface area (Å²) in [5.74, 6) is -0.179. The van der Waals surface area contributed by atoms with Crippen LogP contribution in [0.3, 0.4) is 0 Å². The van der Waals surface area contributed by atoms with Gasteiger partial charge in [-0.15, -0.1) is 0 Å². The van der Waals surface area contributed by atoms with E-state index >= 15 is 9.59 Å². The highest BCUT2D eigenvalue weighted by molar-refractivity contribution is 6.17. The zero-order valence-electron chi connectivity index (χ0n) is 45.0. The molecule has 3 fully saturated rings. The molecule has 9 heteroatoms. The maximum Gasteiger partial charge on any atom is 0.257 e. The van der Waals surface area contributed by atoms with Gasteiger partial charge >= 0.3 is 0 Å². The number of imidazole rings is 2.